The van der Waals surface area contributed by atoms with Crippen LogP contribution in [0.25, 0.3) is 0 Å². The molecule has 0 bridgehead atoms. The van der Waals surface area contributed by atoms with Gasteiger partial charge in [0.15, 0.2) is 0 Å². The molecule has 0 atom stereocenters. The lowest BCUT2D eigenvalue weighted by Gasteiger charge is -1.93. The largest absolute Gasteiger partial charge is 0.290 e. The Labute approximate surface area is 109 Å². The Kier molecular flexibility index (Phi) is 14.5. The molecule has 1 rings (SSSR count). The van der Waals surface area contributed by atoms with Crippen LogP contribution >= 0.6 is 11.8 Å². The van der Waals surface area contributed by atoms with Crippen molar-refractivity contribution in [1.29, 1.82) is 0 Å². The molecule has 4 heteroatoms. The molecule has 1 saturated heterocycles. The van der Waals surface area contributed by atoms with E-state index in [2.05, 4.69) is 12.2 Å². The fraction of sp³-hybridized carbons (Fsp3) is 0.692. The molecule has 0 radical (unpaired) electrons. The Hall–Kier alpha value is -0.770. The van der Waals surface area contributed by atoms with Gasteiger partial charge in [0.05, 0.1) is 4.91 Å². The number of hydrogen-bond acceptors (Lipinski definition) is 3. The molecule has 1 aliphatic heterocycles. The van der Waals surface area contributed by atoms with E-state index in [0.717, 1.165) is 24.6 Å². The number of unbranched alkanes of at least 4 members (excludes halogenated alkanes) is 3. The fourth-order valence-electron chi connectivity index (χ4n) is 1.09. The van der Waals surface area contributed by atoms with Crippen LogP contribution < -0.4 is 5.32 Å². The SMILES string of the molecule is CC.CC.CCCCC/C=C1/SC(=O)NC1=O. The number of imide groups is 1. The van der Waals surface area contributed by atoms with Crippen LogP contribution in [0.4, 0.5) is 4.79 Å². The predicted octanol–water partition coefficient (Wildman–Crippen LogP) is 4.49. The maximum absolute atomic E-state index is 11.0. The van der Waals surface area contributed by atoms with Crippen molar-refractivity contribution >= 4 is 22.9 Å². The monoisotopic (exact) mass is 259 g/mol. The highest BCUT2D eigenvalue weighted by molar-refractivity contribution is 8.18. The van der Waals surface area contributed by atoms with Crippen molar-refractivity contribution < 1.29 is 9.59 Å². The van der Waals surface area contributed by atoms with E-state index in [9.17, 15) is 9.59 Å². The van der Waals surface area contributed by atoms with Gasteiger partial charge >= 0.3 is 0 Å². The summed E-state index contributed by atoms with van der Waals surface area (Å²) in [6, 6.07) is 0. The van der Waals surface area contributed by atoms with Crippen LogP contribution in [0.5, 0.6) is 0 Å². The van der Waals surface area contributed by atoms with Crippen molar-refractivity contribution in [2.45, 2.75) is 60.3 Å². The van der Waals surface area contributed by atoms with E-state index in [0.29, 0.717) is 4.91 Å². The van der Waals surface area contributed by atoms with Crippen molar-refractivity contribution in [2.24, 2.45) is 0 Å². The molecule has 1 aliphatic rings. The van der Waals surface area contributed by atoms with Crippen molar-refractivity contribution in [3.05, 3.63) is 11.0 Å². The van der Waals surface area contributed by atoms with Crippen LogP contribution in [0.15, 0.2) is 11.0 Å². The fourth-order valence-corrected chi connectivity index (χ4v) is 1.78. The van der Waals surface area contributed by atoms with Crippen molar-refractivity contribution in [3.8, 4) is 0 Å². The molecular weight excluding hydrogens is 234 g/mol. The highest BCUT2D eigenvalue weighted by Gasteiger charge is 2.24. The van der Waals surface area contributed by atoms with Gasteiger partial charge in [-0.1, -0.05) is 53.5 Å². The molecule has 0 aromatic heterocycles. The zero-order valence-corrected chi connectivity index (χ0v) is 12.4. The number of amides is 2. The van der Waals surface area contributed by atoms with Gasteiger partial charge in [0, 0.05) is 0 Å². The molecule has 0 spiro atoms. The first-order valence-corrected chi connectivity index (χ1v) is 7.29. The average Bonchev–Trinajstić information content (AvgIpc) is 2.69. The maximum Gasteiger partial charge on any atom is 0.290 e. The zero-order chi connectivity index (χ0) is 13.7. The standard InChI is InChI=1S/C9H13NO2S.2C2H6/c1-2-3-4-5-6-7-8(11)10-9(12)13-7;2*1-2/h6H,2-5H2,1H3,(H,10,11,12);2*1-2H3/b7-6+;;. The molecule has 1 heterocycles. The van der Waals surface area contributed by atoms with Gasteiger partial charge in [0.2, 0.25) is 0 Å². The first kappa shape index (κ1) is 18.6. The van der Waals surface area contributed by atoms with Gasteiger partial charge in [-0.15, -0.1) is 0 Å². The number of thioether (sulfide) groups is 1. The third-order valence-corrected chi connectivity index (χ3v) is 2.64. The lowest BCUT2D eigenvalue weighted by Crippen LogP contribution is -2.17. The van der Waals surface area contributed by atoms with Gasteiger partial charge in [-0.3, -0.25) is 14.9 Å². The van der Waals surface area contributed by atoms with Crippen molar-refractivity contribution in [1.82, 2.24) is 5.32 Å². The van der Waals surface area contributed by atoms with E-state index in [1.807, 2.05) is 33.8 Å². The maximum atomic E-state index is 11.0. The summed E-state index contributed by atoms with van der Waals surface area (Å²) in [7, 11) is 0. The molecule has 0 aromatic carbocycles. The molecular formula is C13H25NO2S. The molecule has 0 saturated carbocycles. The number of nitrogens with one attached hydrogen (secondary N) is 1. The lowest BCUT2D eigenvalue weighted by molar-refractivity contribution is -0.115. The van der Waals surface area contributed by atoms with Crippen LogP contribution in [0.2, 0.25) is 0 Å². The van der Waals surface area contributed by atoms with Gasteiger partial charge in [0.1, 0.15) is 0 Å². The molecule has 0 unspecified atom stereocenters. The summed E-state index contributed by atoms with van der Waals surface area (Å²) >= 11 is 0.993. The molecule has 17 heavy (non-hydrogen) atoms. The van der Waals surface area contributed by atoms with Crippen LogP contribution in [-0.2, 0) is 4.79 Å². The summed E-state index contributed by atoms with van der Waals surface area (Å²) in [6.07, 6.45) is 6.16. The van der Waals surface area contributed by atoms with Gasteiger partial charge in [0.25, 0.3) is 11.1 Å². The van der Waals surface area contributed by atoms with Gasteiger partial charge in [-0.2, -0.15) is 0 Å². The molecule has 1 fully saturated rings. The molecule has 1 N–H and O–H groups in total. The third kappa shape index (κ3) is 8.98. The van der Waals surface area contributed by atoms with E-state index in [4.69, 9.17) is 0 Å². The quantitative estimate of drug-likeness (QED) is 0.598. The molecule has 0 aliphatic carbocycles. The second-order valence-electron chi connectivity index (χ2n) is 2.91. The molecule has 3 nitrogen and oxygen atoms in total. The smallest absolute Gasteiger partial charge is 0.282 e. The Balaban J connectivity index is 0. The summed E-state index contributed by atoms with van der Waals surface area (Å²) in [5, 5.41) is 1.97. The third-order valence-electron chi connectivity index (χ3n) is 1.78. The van der Waals surface area contributed by atoms with Gasteiger partial charge in [-0.05, 0) is 24.6 Å². The Morgan fingerprint density at radius 2 is 1.71 bits per heavy atom. The first-order valence-electron chi connectivity index (χ1n) is 6.47. The average molecular weight is 259 g/mol. The topological polar surface area (TPSA) is 46.2 Å². The number of carbonyl (C=O) groups is 2. The van der Waals surface area contributed by atoms with E-state index >= 15 is 0 Å². The summed E-state index contributed by atoms with van der Waals surface area (Å²) in [5.41, 5.74) is 0. The van der Waals surface area contributed by atoms with E-state index in [1.54, 1.807) is 0 Å². The van der Waals surface area contributed by atoms with Crippen molar-refractivity contribution in [3.63, 3.8) is 0 Å². The minimum atomic E-state index is -0.258. The summed E-state index contributed by atoms with van der Waals surface area (Å²) in [4.78, 5) is 22.3. The van der Waals surface area contributed by atoms with Gasteiger partial charge in [-0.25, -0.2) is 0 Å². The molecule has 0 aromatic rings. The van der Waals surface area contributed by atoms with Crippen LogP contribution in [0.3, 0.4) is 0 Å². The number of carbonyl (C=O) groups excluding carboxylic acids is 2. The summed E-state index contributed by atoms with van der Waals surface area (Å²) in [6.45, 7) is 10.1. The minimum absolute atomic E-state index is 0.244. The second kappa shape index (κ2) is 13.3. The van der Waals surface area contributed by atoms with E-state index < -0.39 is 0 Å². The molecule has 100 valence electrons. The number of hydrogen-bond donors (Lipinski definition) is 1. The number of allylic oxidation sites excluding steroid dienone is 1. The lowest BCUT2D eigenvalue weighted by atomic mass is 10.2. The summed E-state index contributed by atoms with van der Waals surface area (Å²) in [5.74, 6) is -0.244. The highest BCUT2D eigenvalue weighted by atomic mass is 32.2. The van der Waals surface area contributed by atoms with Crippen molar-refractivity contribution in [2.75, 3.05) is 0 Å². The van der Waals surface area contributed by atoms with E-state index in [1.165, 1.54) is 12.8 Å². The normalized spacial score (nSPS) is 15.7. The first-order chi connectivity index (χ1) is 8.24. The van der Waals surface area contributed by atoms with Gasteiger partial charge < -0.3 is 0 Å². The zero-order valence-electron chi connectivity index (χ0n) is 11.6. The second-order valence-corrected chi connectivity index (χ2v) is 3.92. The Bertz CT molecular complexity index is 250. The Morgan fingerprint density at radius 1 is 1.12 bits per heavy atom. The van der Waals surface area contributed by atoms with Crippen LogP contribution in [0.1, 0.15) is 60.3 Å². The minimum Gasteiger partial charge on any atom is -0.282 e. The number of rotatable bonds is 4. The Morgan fingerprint density at radius 3 is 2.12 bits per heavy atom. The van der Waals surface area contributed by atoms with E-state index in [-0.39, 0.29) is 11.1 Å². The molecule has 2 amide bonds. The predicted molar refractivity (Wildman–Crippen MR) is 76.1 cm³/mol. The van der Waals surface area contributed by atoms with Crippen LogP contribution in [0, 0.1) is 0 Å². The summed E-state index contributed by atoms with van der Waals surface area (Å²) < 4.78 is 0. The van der Waals surface area contributed by atoms with Crippen LogP contribution in [-0.4, -0.2) is 11.1 Å². The highest BCUT2D eigenvalue weighted by Crippen LogP contribution is 2.23.